The number of carbonyl (C=O) groups is 2. The van der Waals surface area contributed by atoms with E-state index >= 15 is 0 Å². The fourth-order valence-corrected chi connectivity index (χ4v) is 2.20. The van der Waals surface area contributed by atoms with Gasteiger partial charge in [-0.15, -0.1) is 0 Å². The largest absolute Gasteiger partial charge is 0.391 e. The first-order valence-corrected chi connectivity index (χ1v) is 5.96. The van der Waals surface area contributed by atoms with Crippen LogP contribution in [0, 0.1) is 0 Å². The monoisotopic (exact) mass is 264 g/mol. The van der Waals surface area contributed by atoms with Crippen molar-refractivity contribution in [2.75, 3.05) is 6.54 Å². The van der Waals surface area contributed by atoms with Crippen LogP contribution >= 0.6 is 0 Å². The summed E-state index contributed by atoms with van der Waals surface area (Å²) in [6.07, 6.45) is 0.939. The standard InChI is InChI=1S/C12H16N4O3/c13-5-8-3-7(1-2-15-8)12(19)16-6-9(17)4-10(16)11(14)18/h1-3,9-10,17H,4-6,13H2,(H2,14,18). The van der Waals surface area contributed by atoms with Gasteiger partial charge < -0.3 is 21.5 Å². The highest BCUT2D eigenvalue weighted by Crippen LogP contribution is 2.20. The number of aliphatic hydroxyl groups excluding tert-OH is 1. The summed E-state index contributed by atoms with van der Waals surface area (Å²) in [5.41, 5.74) is 11.7. The van der Waals surface area contributed by atoms with Crippen LogP contribution in [0.15, 0.2) is 18.3 Å². The Balaban J connectivity index is 2.24. The summed E-state index contributed by atoms with van der Waals surface area (Å²) in [4.78, 5) is 28.9. The van der Waals surface area contributed by atoms with E-state index in [4.69, 9.17) is 11.5 Å². The summed E-state index contributed by atoms with van der Waals surface area (Å²) in [5, 5.41) is 9.58. The third-order valence-electron chi connectivity index (χ3n) is 3.14. The minimum absolute atomic E-state index is 0.104. The number of carbonyl (C=O) groups excluding carboxylic acids is 2. The van der Waals surface area contributed by atoms with Crippen molar-refractivity contribution >= 4 is 11.8 Å². The Hall–Kier alpha value is -1.99. The van der Waals surface area contributed by atoms with Crippen LogP contribution in [-0.4, -0.2) is 45.5 Å². The molecular weight excluding hydrogens is 248 g/mol. The molecule has 0 aromatic carbocycles. The summed E-state index contributed by atoms with van der Waals surface area (Å²) in [6.45, 7) is 0.329. The highest BCUT2D eigenvalue weighted by atomic mass is 16.3. The number of rotatable bonds is 3. The average molecular weight is 264 g/mol. The summed E-state index contributed by atoms with van der Waals surface area (Å²) < 4.78 is 0. The first kappa shape index (κ1) is 13.4. The number of β-amino-alcohol motifs (C(OH)–C–C–N with tert-alkyl or cyclic N) is 1. The highest BCUT2D eigenvalue weighted by molar-refractivity contribution is 5.97. The average Bonchev–Trinajstić information content (AvgIpc) is 2.80. The second-order valence-corrected chi connectivity index (χ2v) is 4.51. The Morgan fingerprint density at radius 2 is 2.26 bits per heavy atom. The van der Waals surface area contributed by atoms with Gasteiger partial charge in [0.15, 0.2) is 0 Å². The van der Waals surface area contributed by atoms with E-state index in [1.807, 2.05) is 0 Å². The van der Waals surface area contributed by atoms with Gasteiger partial charge in [0.1, 0.15) is 6.04 Å². The molecule has 1 aromatic heterocycles. The molecule has 2 heterocycles. The van der Waals surface area contributed by atoms with E-state index in [-0.39, 0.29) is 25.4 Å². The van der Waals surface area contributed by atoms with Gasteiger partial charge >= 0.3 is 0 Å². The van der Waals surface area contributed by atoms with Crippen molar-refractivity contribution in [3.63, 3.8) is 0 Å². The van der Waals surface area contributed by atoms with Gasteiger partial charge in [0.2, 0.25) is 5.91 Å². The van der Waals surface area contributed by atoms with Crippen LogP contribution in [0.2, 0.25) is 0 Å². The zero-order chi connectivity index (χ0) is 14.0. The molecule has 7 nitrogen and oxygen atoms in total. The summed E-state index contributed by atoms with van der Waals surface area (Å²) in [7, 11) is 0. The van der Waals surface area contributed by atoms with E-state index < -0.39 is 18.1 Å². The maximum atomic E-state index is 12.3. The van der Waals surface area contributed by atoms with Gasteiger partial charge in [0.25, 0.3) is 5.91 Å². The highest BCUT2D eigenvalue weighted by Gasteiger charge is 2.38. The van der Waals surface area contributed by atoms with Gasteiger partial charge in [0.05, 0.1) is 11.8 Å². The normalized spacial score (nSPS) is 22.5. The zero-order valence-corrected chi connectivity index (χ0v) is 10.3. The fourth-order valence-electron chi connectivity index (χ4n) is 2.20. The molecule has 0 aliphatic carbocycles. The second-order valence-electron chi connectivity index (χ2n) is 4.51. The van der Waals surface area contributed by atoms with Crippen molar-refractivity contribution in [2.24, 2.45) is 11.5 Å². The molecule has 0 saturated carbocycles. The Morgan fingerprint density at radius 1 is 1.53 bits per heavy atom. The molecule has 2 unspecified atom stereocenters. The Kier molecular flexibility index (Phi) is 3.77. The van der Waals surface area contributed by atoms with Crippen molar-refractivity contribution in [2.45, 2.75) is 25.1 Å². The number of primary amides is 1. The number of pyridine rings is 1. The Bertz CT molecular complexity index is 506. The van der Waals surface area contributed by atoms with Crippen LogP contribution in [0.5, 0.6) is 0 Å². The molecule has 0 spiro atoms. The molecule has 5 N–H and O–H groups in total. The number of aromatic nitrogens is 1. The number of hydrogen-bond donors (Lipinski definition) is 3. The van der Waals surface area contributed by atoms with Crippen molar-refractivity contribution in [1.82, 2.24) is 9.88 Å². The fraction of sp³-hybridized carbons (Fsp3) is 0.417. The Morgan fingerprint density at radius 3 is 2.89 bits per heavy atom. The molecule has 1 aliphatic heterocycles. The number of amides is 2. The third-order valence-corrected chi connectivity index (χ3v) is 3.14. The minimum atomic E-state index is -0.767. The number of hydrogen-bond acceptors (Lipinski definition) is 5. The molecule has 7 heteroatoms. The lowest BCUT2D eigenvalue weighted by Crippen LogP contribution is -2.43. The quantitative estimate of drug-likeness (QED) is 0.619. The van der Waals surface area contributed by atoms with Gasteiger partial charge in [-0.05, 0) is 12.1 Å². The summed E-state index contributed by atoms with van der Waals surface area (Å²) >= 11 is 0. The maximum absolute atomic E-state index is 12.3. The van der Waals surface area contributed by atoms with Gasteiger partial charge in [-0.1, -0.05) is 0 Å². The predicted octanol–water partition coefficient (Wildman–Crippen LogP) is -1.40. The van der Waals surface area contributed by atoms with E-state index in [2.05, 4.69) is 4.98 Å². The molecule has 2 amide bonds. The topological polar surface area (TPSA) is 123 Å². The van der Waals surface area contributed by atoms with Crippen LogP contribution in [0.4, 0.5) is 0 Å². The van der Waals surface area contributed by atoms with Crippen LogP contribution in [-0.2, 0) is 11.3 Å². The number of likely N-dealkylation sites (tertiary alicyclic amines) is 1. The van der Waals surface area contributed by atoms with Gasteiger partial charge in [-0.25, -0.2) is 0 Å². The van der Waals surface area contributed by atoms with E-state index in [9.17, 15) is 14.7 Å². The second kappa shape index (κ2) is 5.33. The number of aliphatic hydroxyl groups is 1. The zero-order valence-electron chi connectivity index (χ0n) is 10.3. The van der Waals surface area contributed by atoms with E-state index in [1.165, 1.54) is 11.1 Å². The summed E-state index contributed by atoms with van der Waals surface area (Å²) in [6, 6.07) is 2.35. The molecule has 0 radical (unpaired) electrons. The summed E-state index contributed by atoms with van der Waals surface area (Å²) in [5.74, 6) is -0.963. The van der Waals surface area contributed by atoms with Crippen LogP contribution < -0.4 is 11.5 Å². The van der Waals surface area contributed by atoms with Crippen LogP contribution in [0.25, 0.3) is 0 Å². The first-order chi connectivity index (χ1) is 9.02. The number of nitrogens with zero attached hydrogens (tertiary/aromatic N) is 2. The lowest BCUT2D eigenvalue weighted by molar-refractivity contribution is -0.121. The lowest BCUT2D eigenvalue weighted by atomic mass is 10.1. The first-order valence-electron chi connectivity index (χ1n) is 5.96. The molecule has 0 bridgehead atoms. The van der Waals surface area contributed by atoms with E-state index in [1.54, 1.807) is 12.1 Å². The lowest BCUT2D eigenvalue weighted by Gasteiger charge is -2.22. The van der Waals surface area contributed by atoms with Gasteiger partial charge in [-0.3, -0.25) is 14.6 Å². The van der Waals surface area contributed by atoms with Gasteiger partial charge in [0, 0.05) is 31.3 Å². The number of nitrogens with two attached hydrogens (primary N) is 2. The van der Waals surface area contributed by atoms with E-state index in [0.29, 0.717) is 11.3 Å². The molecule has 2 rings (SSSR count). The molecule has 1 aliphatic rings. The molecule has 19 heavy (non-hydrogen) atoms. The minimum Gasteiger partial charge on any atom is -0.391 e. The van der Waals surface area contributed by atoms with E-state index in [0.717, 1.165) is 0 Å². The smallest absolute Gasteiger partial charge is 0.254 e. The molecule has 102 valence electrons. The molecule has 1 fully saturated rings. The molecule has 1 aromatic rings. The van der Waals surface area contributed by atoms with Gasteiger partial charge in [-0.2, -0.15) is 0 Å². The maximum Gasteiger partial charge on any atom is 0.254 e. The Labute approximate surface area is 110 Å². The molecular formula is C12H16N4O3. The third kappa shape index (κ3) is 2.72. The van der Waals surface area contributed by atoms with Crippen molar-refractivity contribution < 1.29 is 14.7 Å². The van der Waals surface area contributed by atoms with Crippen LogP contribution in [0.3, 0.4) is 0 Å². The molecule has 2 atom stereocenters. The van der Waals surface area contributed by atoms with Crippen LogP contribution in [0.1, 0.15) is 22.5 Å². The van der Waals surface area contributed by atoms with Crippen molar-refractivity contribution in [1.29, 1.82) is 0 Å². The SMILES string of the molecule is NCc1cc(C(=O)N2CC(O)CC2C(N)=O)ccn1. The molecule has 1 saturated heterocycles. The predicted molar refractivity (Wildman–Crippen MR) is 66.8 cm³/mol. The van der Waals surface area contributed by atoms with Crippen molar-refractivity contribution in [3.05, 3.63) is 29.6 Å². The van der Waals surface area contributed by atoms with Crippen molar-refractivity contribution in [3.8, 4) is 0 Å².